The average Bonchev–Trinajstić information content (AvgIpc) is 3.38. The maximum atomic E-state index is 2.64. The van der Waals surface area contributed by atoms with E-state index in [2.05, 4.69) is 195 Å². The van der Waals surface area contributed by atoms with Crippen molar-refractivity contribution in [3.63, 3.8) is 0 Å². The molecular weight excluding hydrogens is 723 g/mol. The standard InChI is InChI=1S/C45H57Si.3ClH.Ti/c1-28(2)35-19-36(29(3)4)23-41(22-35)46(45-18-17-34-15-13-14-16-44(34)45,42-24-37(30(5)6)20-38(25-42)31(7)8)43-26-39(32(9)10)21-40(27-43)33(11)12;;;;/h13-33H,1-12H3;3*1H;/q;;;;+3/p-3. The normalized spacial score (nSPS) is 15.5. The second kappa shape index (κ2) is 17.5. The van der Waals surface area contributed by atoms with Crippen LogP contribution >= 0.6 is 0 Å². The first-order valence-corrected chi connectivity index (χ1v) is 20.9. The molecule has 50 heavy (non-hydrogen) atoms. The monoisotopic (exact) mass is 778 g/mol. The van der Waals surface area contributed by atoms with Gasteiger partial charge in [-0.3, -0.25) is 0 Å². The van der Waals surface area contributed by atoms with Gasteiger partial charge in [0.2, 0.25) is 0 Å². The molecule has 4 aromatic rings. The number of hydrogen-bond donors (Lipinski definition) is 0. The summed E-state index contributed by atoms with van der Waals surface area (Å²) < 4.78 is -0.207. The van der Waals surface area contributed by atoms with Gasteiger partial charge in [-0.1, -0.05) is 0 Å². The van der Waals surface area contributed by atoms with E-state index in [1.54, 1.807) is 15.6 Å². The van der Waals surface area contributed by atoms with Crippen LogP contribution in [0.1, 0.15) is 163 Å². The first-order valence-electron chi connectivity index (χ1n) is 18.1. The predicted octanol–water partition coefficient (Wildman–Crippen LogP) is 1.92. The van der Waals surface area contributed by atoms with E-state index in [9.17, 15) is 0 Å². The van der Waals surface area contributed by atoms with Gasteiger partial charge < -0.3 is 37.2 Å². The third kappa shape index (κ3) is 8.15. The number of rotatable bonds is 10. The van der Waals surface area contributed by atoms with Gasteiger partial charge in [0.1, 0.15) is 0 Å². The summed E-state index contributed by atoms with van der Waals surface area (Å²) in [6.07, 6.45) is 5.03. The average molecular weight is 780 g/mol. The van der Waals surface area contributed by atoms with Gasteiger partial charge >= 0.3 is 302 Å². The Morgan fingerprint density at radius 1 is 0.440 bits per heavy atom. The van der Waals surface area contributed by atoms with Crippen LogP contribution < -0.4 is 52.8 Å². The number of fused-ring (bicyclic) bond motifs is 1. The van der Waals surface area contributed by atoms with E-state index >= 15 is 0 Å². The van der Waals surface area contributed by atoms with Gasteiger partial charge in [0.25, 0.3) is 0 Å². The van der Waals surface area contributed by atoms with E-state index in [-0.39, 0.29) is 40.6 Å². The van der Waals surface area contributed by atoms with Gasteiger partial charge in [0.15, 0.2) is 0 Å². The van der Waals surface area contributed by atoms with Crippen LogP contribution in [0.2, 0.25) is 0 Å². The summed E-state index contributed by atoms with van der Waals surface area (Å²) in [6.45, 7) is 28.4. The molecule has 4 aromatic carbocycles. The molecule has 0 bridgehead atoms. The van der Waals surface area contributed by atoms with Crippen molar-refractivity contribution in [2.24, 2.45) is 0 Å². The molecule has 0 saturated carbocycles. The van der Waals surface area contributed by atoms with Crippen molar-refractivity contribution in [2.45, 2.75) is 122 Å². The first-order chi connectivity index (χ1) is 22.1. The molecule has 0 radical (unpaired) electrons. The van der Waals surface area contributed by atoms with Crippen LogP contribution in [0.4, 0.5) is 0 Å². The molecule has 1 unspecified atom stereocenters. The summed E-state index contributed by atoms with van der Waals surface area (Å²) in [6, 6.07) is 32.5. The summed E-state index contributed by atoms with van der Waals surface area (Å²) in [5, 5.41) is 4.63. The topological polar surface area (TPSA) is 0 Å². The Hall–Kier alpha value is -1.58. The molecule has 0 spiro atoms. The second-order valence-electron chi connectivity index (χ2n) is 16.1. The fourth-order valence-electron chi connectivity index (χ4n) is 7.50. The van der Waals surface area contributed by atoms with Gasteiger partial charge in [-0.2, -0.15) is 0 Å². The molecule has 0 nitrogen and oxygen atoms in total. The summed E-state index contributed by atoms with van der Waals surface area (Å²) in [7, 11) is -2.92. The van der Waals surface area contributed by atoms with Crippen molar-refractivity contribution < 1.29 is 57.7 Å². The van der Waals surface area contributed by atoms with Crippen LogP contribution in [0.15, 0.2) is 84.9 Å². The molecule has 0 heterocycles. The van der Waals surface area contributed by atoms with Crippen molar-refractivity contribution in [3.8, 4) is 0 Å². The van der Waals surface area contributed by atoms with Crippen LogP contribution in [-0.4, -0.2) is 8.07 Å². The van der Waals surface area contributed by atoms with Crippen LogP contribution in [-0.2, 0) is 23.8 Å². The van der Waals surface area contributed by atoms with Crippen molar-refractivity contribution in [1.82, 2.24) is 0 Å². The van der Waals surface area contributed by atoms with E-state index in [1.807, 2.05) is 0 Å². The molecule has 0 aliphatic heterocycles. The first kappa shape index (κ1) is 44.6. The zero-order valence-corrected chi connectivity index (χ0v) is 37.1. The fourth-order valence-corrected chi connectivity index (χ4v) is 15.6. The van der Waals surface area contributed by atoms with E-state index in [4.69, 9.17) is 0 Å². The molecule has 5 heteroatoms. The van der Waals surface area contributed by atoms with Crippen LogP contribution in [0, 0.1) is 0 Å². The van der Waals surface area contributed by atoms with Gasteiger partial charge in [0, 0.05) is 0 Å². The van der Waals surface area contributed by atoms with E-state index < -0.39 is 8.07 Å². The zero-order valence-electron chi connectivity index (χ0n) is 32.3. The van der Waals surface area contributed by atoms with Gasteiger partial charge in [0.05, 0.1) is 0 Å². The van der Waals surface area contributed by atoms with E-state index in [0.29, 0.717) is 35.5 Å². The van der Waals surface area contributed by atoms with Crippen molar-refractivity contribution >= 4 is 29.7 Å². The molecular formula is C45H57Cl3SiTi. The molecule has 266 valence electrons. The second-order valence-corrected chi connectivity index (χ2v) is 22.1. The SMILES string of the molecule is CC(C)c1cc(C(C)C)cc([Si](c2cc(C(C)C)cc(C(C)C)c2)(c2cc(C(C)C)cc(C(C)C)c2)[C]2([Ti+3])C=Cc3ccccc32)c1.[Cl-].[Cl-].[Cl-]. The Morgan fingerprint density at radius 3 is 1.00 bits per heavy atom. The van der Waals surface area contributed by atoms with Crippen molar-refractivity contribution in [1.29, 1.82) is 0 Å². The number of benzene rings is 4. The molecule has 5 rings (SSSR count). The maximum Gasteiger partial charge on any atom is -1.00 e. The van der Waals surface area contributed by atoms with Crippen LogP contribution in [0.3, 0.4) is 0 Å². The third-order valence-corrected chi connectivity index (χ3v) is 18.2. The molecule has 0 fully saturated rings. The molecule has 0 N–H and O–H groups in total. The van der Waals surface area contributed by atoms with Crippen LogP contribution in [0.25, 0.3) is 6.08 Å². The van der Waals surface area contributed by atoms with Gasteiger partial charge in [-0.25, -0.2) is 0 Å². The van der Waals surface area contributed by atoms with E-state index in [0.717, 1.165) is 0 Å². The summed E-state index contributed by atoms with van der Waals surface area (Å²) >= 11 is 2.59. The molecule has 1 aliphatic carbocycles. The van der Waals surface area contributed by atoms with Gasteiger partial charge in [-0.15, -0.1) is 0 Å². The minimum Gasteiger partial charge on any atom is -1.00 e. The maximum absolute atomic E-state index is 2.92. The third-order valence-electron chi connectivity index (χ3n) is 10.7. The Morgan fingerprint density at radius 2 is 0.720 bits per heavy atom. The minimum absolute atomic E-state index is 0. The molecule has 0 saturated heterocycles. The molecule has 1 atom stereocenters. The smallest absolute Gasteiger partial charge is 1.00 e. The number of halogens is 3. The molecule has 0 aromatic heterocycles. The molecule has 1 aliphatic rings. The quantitative estimate of drug-likeness (QED) is 0.171. The summed E-state index contributed by atoms with van der Waals surface area (Å²) in [5.41, 5.74) is 11.6. The largest absolute Gasteiger partial charge is 1.00 e. The van der Waals surface area contributed by atoms with Crippen molar-refractivity contribution in [2.75, 3.05) is 0 Å². The van der Waals surface area contributed by atoms with Crippen molar-refractivity contribution in [3.05, 3.63) is 129 Å². The zero-order chi connectivity index (χ0) is 34.4. The van der Waals surface area contributed by atoms with Gasteiger partial charge in [-0.05, 0) is 0 Å². The summed E-state index contributed by atoms with van der Waals surface area (Å²) in [4.78, 5) is 0. The van der Waals surface area contributed by atoms with E-state index in [1.165, 1.54) is 44.5 Å². The van der Waals surface area contributed by atoms with Crippen LogP contribution in [0.5, 0.6) is 0 Å². The number of hydrogen-bond acceptors (Lipinski definition) is 0. The Bertz CT molecular complexity index is 1550. The Labute approximate surface area is 336 Å². The molecule has 0 amide bonds. The number of allylic oxidation sites excluding steroid dienone is 1. The Balaban J connectivity index is 0.00000289. The minimum atomic E-state index is -2.92. The predicted molar refractivity (Wildman–Crippen MR) is 206 cm³/mol. The summed E-state index contributed by atoms with van der Waals surface area (Å²) in [5.74, 6) is 2.67. The Kier molecular flexibility index (Phi) is 15.6. The fraction of sp³-hybridized carbons (Fsp3) is 0.422.